The van der Waals surface area contributed by atoms with Crippen LogP contribution in [0.3, 0.4) is 0 Å². The maximum Gasteiger partial charge on any atom is 0.259 e. The molecule has 3 aromatic carbocycles. The van der Waals surface area contributed by atoms with Crippen LogP contribution in [0.2, 0.25) is 5.02 Å². The minimum Gasteiger partial charge on any atom is -0.352 e. The molecular formula is C29H32ClN3O3S. The van der Waals surface area contributed by atoms with Crippen molar-refractivity contribution in [2.24, 2.45) is 0 Å². The first-order valence-electron chi connectivity index (χ1n) is 12.6. The van der Waals surface area contributed by atoms with Crippen molar-refractivity contribution in [3.63, 3.8) is 0 Å². The number of carbonyl (C=O) groups is 2. The van der Waals surface area contributed by atoms with E-state index >= 15 is 0 Å². The number of fused-ring (bicyclic) bond motifs is 2. The molecule has 1 atom stereocenters. The predicted molar refractivity (Wildman–Crippen MR) is 149 cm³/mol. The van der Waals surface area contributed by atoms with Gasteiger partial charge in [-0.25, -0.2) is 4.21 Å². The van der Waals surface area contributed by atoms with Crippen LogP contribution in [0.15, 0.2) is 76.5 Å². The zero-order chi connectivity index (χ0) is 26.4. The van der Waals surface area contributed by atoms with Crippen LogP contribution >= 0.6 is 11.6 Å². The predicted octanol–water partition coefficient (Wildman–Crippen LogP) is 5.52. The standard InChI is InChI=1S/C29H32ClN3O3S/c1-3-4-16-32(2)17-8-15-31-28(34)22-13-14-27-25(19-22)33(20-21-9-7-10-23(30)18-21)29(35)24-11-5-6-12-26(24)37(27)36/h5-7,9-14,18-19H,3-4,8,15-17,20H2,1-2H3,(H,31,34). The van der Waals surface area contributed by atoms with Gasteiger partial charge in [0, 0.05) is 17.1 Å². The summed E-state index contributed by atoms with van der Waals surface area (Å²) in [4.78, 5) is 31.5. The Balaban J connectivity index is 1.60. The molecule has 37 heavy (non-hydrogen) atoms. The third-order valence-electron chi connectivity index (χ3n) is 6.40. The Morgan fingerprint density at radius 3 is 2.57 bits per heavy atom. The van der Waals surface area contributed by atoms with E-state index in [1.165, 1.54) is 0 Å². The fourth-order valence-corrected chi connectivity index (χ4v) is 5.93. The van der Waals surface area contributed by atoms with Crippen molar-refractivity contribution in [3.05, 3.63) is 88.4 Å². The number of hydrogen-bond acceptors (Lipinski definition) is 4. The molecule has 1 unspecified atom stereocenters. The number of amides is 2. The zero-order valence-electron chi connectivity index (χ0n) is 21.2. The van der Waals surface area contributed by atoms with Crippen molar-refractivity contribution in [1.29, 1.82) is 0 Å². The van der Waals surface area contributed by atoms with Gasteiger partial charge in [-0.05, 0) is 81.0 Å². The highest BCUT2D eigenvalue weighted by Gasteiger charge is 2.31. The van der Waals surface area contributed by atoms with Crippen molar-refractivity contribution in [3.8, 4) is 0 Å². The summed E-state index contributed by atoms with van der Waals surface area (Å²) in [6.07, 6.45) is 3.16. The normalized spacial score (nSPS) is 14.8. The van der Waals surface area contributed by atoms with Gasteiger partial charge in [-0.1, -0.05) is 49.2 Å². The molecule has 1 aliphatic rings. The summed E-state index contributed by atoms with van der Waals surface area (Å²) in [5.41, 5.74) is 2.10. The van der Waals surface area contributed by atoms with E-state index in [4.69, 9.17) is 11.6 Å². The lowest BCUT2D eigenvalue weighted by Crippen LogP contribution is -2.31. The van der Waals surface area contributed by atoms with Crippen molar-refractivity contribution in [1.82, 2.24) is 10.2 Å². The second kappa shape index (κ2) is 12.5. The number of hydrogen-bond donors (Lipinski definition) is 1. The monoisotopic (exact) mass is 537 g/mol. The Morgan fingerprint density at radius 2 is 1.78 bits per heavy atom. The molecule has 194 valence electrons. The molecule has 1 N–H and O–H groups in total. The maximum absolute atomic E-state index is 13.7. The van der Waals surface area contributed by atoms with Gasteiger partial charge in [0.25, 0.3) is 11.8 Å². The maximum atomic E-state index is 13.7. The number of anilines is 1. The van der Waals surface area contributed by atoms with Crippen LogP contribution in [0.1, 0.15) is 52.5 Å². The van der Waals surface area contributed by atoms with Gasteiger partial charge in [0.1, 0.15) is 0 Å². The van der Waals surface area contributed by atoms with Crippen molar-refractivity contribution in [2.75, 3.05) is 31.6 Å². The summed E-state index contributed by atoms with van der Waals surface area (Å²) < 4.78 is 13.6. The van der Waals surface area contributed by atoms with Gasteiger partial charge in [-0.3, -0.25) is 9.59 Å². The van der Waals surface area contributed by atoms with E-state index in [1.54, 1.807) is 59.5 Å². The molecule has 0 saturated heterocycles. The Kier molecular flexibility index (Phi) is 9.14. The molecule has 0 aliphatic carbocycles. The van der Waals surface area contributed by atoms with Gasteiger partial charge in [0.15, 0.2) is 0 Å². The Hall–Kier alpha value is -3.00. The van der Waals surface area contributed by atoms with E-state index in [0.29, 0.717) is 38.2 Å². The summed E-state index contributed by atoms with van der Waals surface area (Å²) in [6, 6.07) is 19.3. The van der Waals surface area contributed by atoms with E-state index in [-0.39, 0.29) is 18.4 Å². The van der Waals surface area contributed by atoms with Crippen molar-refractivity contribution < 1.29 is 13.8 Å². The lowest BCUT2D eigenvalue weighted by Gasteiger charge is -2.24. The van der Waals surface area contributed by atoms with Gasteiger partial charge < -0.3 is 15.1 Å². The number of unbranched alkanes of at least 4 members (excludes halogenated alkanes) is 1. The first-order valence-corrected chi connectivity index (χ1v) is 14.1. The molecular weight excluding hydrogens is 506 g/mol. The van der Waals surface area contributed by atoms with E-state index in [1.807, 2.05) is 12.1 Å². The molecule has 2 amide bonds. The first-order chi connectivity index (χ1) is 17.9. The summed E-state index contributed by atoms with van der Waals surface area (Å²) in [5.74, 6) is -0.489. The Labute approximate surface area is 226 Å². The molecule has 0 fully saturated rings. The molecule has 0 bridgehead atoms. The number of nitrogens with one attached hydrogen (secondary N) is 1. The zero-order valence-corrected chi connectivity index (χ0v) is 22.8. The van der Waals surface area contributed by atoms with Crippen molar-refractivity contribution in [2.45, 2.75) is 42.5 Å². The summed E-state index contributed by atoms with van der Waals surface area (Å²) >= 11 is 6.20. The first kappa shape index (κ1) is 27.0. The highest BCUT2D eigenvalue weighted by molar-refractivity contribution is 7.85. The molecule has 8 heteroatoms. The van der Waals surface area contributed by atoms with Crippen LogP contribution in [-0.4, -0.2) is 47.6 Å². The molecule has 3 aromatic rings. The number of nitrogens with zero attached hydrogens (tertiary/aromatic N) is 2. The van der Waals surface area contributed by atoms with Crippen LogP contribution in [0, 0.1) is 0 Å². The van der Waals surface area contributed by atoms with Crippen LogP contribution in [0.25, 0.3) is 0 Å². The second-order valence-electron chi connectivity index (χ2n) is 9.23. The summed E-state index contributed by atoms with van der Waals surface area (Å²) in [6.45, 7) is 4.91. The molecule has 0 spiro atoms. The minimum absolute atomic E-state index is 0.221. The van der Waals surface area contributed by atoms with E-state index in [9.17, 15) is 13.8 Å². The largest absolute Gasteiger partial charge is 0.352 e. The molecule has 0 radical (unpaired) electrons. The SMILES string of the molecule is CCCCN(C)CCCNC(=O)c1ccc2c(c1)N(Cc1cccc(Cl)c1)C(=O)c1ccccc1S2=O. The van der Waals surface area contributed by atoms with Gasteiger partial charge in [-0.2, -0.15) is 0 Å². The molecule has 4 rings (SSSR count). The fourth-order valence-electron chi connectivity index (χ4n) is 4.37. The lowest BCUT2D eigenvalue weighted by atomic mass is 10.1. The highest BCUT2D eigenvalue weighted by Crippen LogP contribution is 2.36. The average molecular weight is 538 g/mol. The van der Waals surface area contributed by atoms with Gasteiger partial charge >= 0.3 is 0 Å². The second-order valence-corrected chi connectivity index (χ2v) is 11.1. The smallest absolute Gasteiger partial charge is 0.259 e. The Bertz CT molecular complexity index is 1310. The number of benzene rings is 3. The van der Waals surface area contributed by atoms with Crippen LogP contribution in [0.4, 0.5) is 5.69 Å². The molecule has 1 aliphatic heterocycles. The van der Waals surface area contributed by atoms with Crippen molar-refractivity contribution >= 4 is 39.9 Å². The highest BCUT2D eigenvalue weighted by atomic mass is 35.5. The molecule has 0 saturated carbocycles. The van der Waals surface area contributed by atoms with Crippen LogP contribution in [0.5, 0.6) is 0 Å². The molecule has 6 nitrogen and oxygen atoms in total. The van der Waals surface area contributed by atoms with E-state index < -0.39 is 10.8 Å². The number of carbonyl (C=O) groups excluding carboxylic acids is 2. The lowest BCUT2D eigenvalue weighted by molar-refractivity contribution is 0.0948. The summed E-state index contributed by atoms with van der Waals surface area (Å²) in [7, 11) is 0.517. The summed E-state index contributed by atoms with van der Waals surface area (Å²) in [5, 5.41) is 3.55. The third-order valence-corrected chi connectivity index (χ3v) is 8.13. The Morgan fingerprint density at radius 1 is 1.00 bits per heavy atom. The quantitative estimate of drug-likeness (QED) is 0.346. The fraction of sp³-hybridized carbons (Fsp3) is 0.310. The van der Waals surface area contributed by atoms with Crippen LogP contribution in [-0.2, 0) is 17.3 Å². The molecule has 0 aromatic heterocycles. The van der Waals surface area contributed by atoms with Crippen LogP contribution < -0.4 is 10.2 Å². The number of halogens is 1. The third kappa shape index (κ3) is 6.47. The minimum atomic E-state index is -1.57. The van der Waals surface area contributed by atoms with Gasteiger partial charge in [0.2, 0.25) is 0 Å². The number of rotatable bonds is 10. The molecule has 1 heterocycles. The average Bonchev–Trinajstić information content (AvgIpc) is 2.99. The van der Waals surface area contributed by atoms with Gasteiger partial charge in [-0.15, -0.1) is 0 Å². The topological polar surface area (TPSA) is 69.7 Å². The van der Waals surface area contributed by atoms with Gasteiger partial charge in [0.05, 0.1) is 38.4 Å². The van der Waals surface area contributed by atoms with E-state index in [0.717, 1.165) is 37.9 Å². The van der Waals surface area contributed by atoms with E-state index in [2.05, 4.69) is 24.2 Å².